The van der Waals surface area contributed by atoms with E-state index >= 15 is 0 Å². The zero-order valence-corrected chi connectivity index (χ0v) is 12.4. The van der Waals surface area contributed by atoms with E-state index in [9.17, 15) is 9.18 Å². The normalized spacial score (nSPS) is 11.0. The molecule has 2 aromatic carbocycles. The third-order valence-corrected chi connectivity index (χ3v) is 4.15. The highest BCUT2D eigenvalue weighted by Gasteiger charge is 2.13. The summed E-state index contributed by atoms with van der Waals surface area (Å²) in [5.74, 6) is -0.0138. The first-order chi connectivity index (χ1) is 10.1. The number of ketones is 1. The van der Waals surface area contributed by atoms with Crippen molar-refractivity contribution in [2.75, 3.05) is 5.75 Å². The minimum absolute atomic E-state index is 0.142. The second-order valence-corrected chi connectivity index (χ2v) is 5.95. The van der Waals surface area contributed by atoms with E-state index in [1.165, 1.54) is 30.0 Å². The number of halogens is 2. The summed E-state index contributed by atoms with van der Waals surface area (Å²) in [4.78, 5) is 13.0. The summed E-state index contributed by atoms with van der Waals surface area (Å²) in [6.45, 7) is 0. The summed E-state index contributed by atoms with van der Waals surface area (Å²) in [5, 5.41) is 1.22. The Hall–Kier alpha value is -1.78. The minimum atomic E-state index is -0.351. The van der Waals surface area contributed by atoms with Gasteiger partial charge >= 0.3 is 0 Å². The second kappa shape index (κ2) is 5.92. The molecule has 0 bridgehead atoms. The lowest BCUT2D eigenvalue weighted by Crippen LogP contribution is -2.00. The molecule has 0 saturated heterocycles. The van der Waals surface area contributed by atoms with Crippen LogP contribution in [-0.2, 0) is 0 Å². The number of hydrogen-bond acceptors (Lipinski definition) is 3. The van der Waals surface area contributed by atoms with E-state index in [1.807, 2.05) is 12.1 Å². The van der Waals surface area contributed by atoms with E-state index in [0.717, 1.165) is 4.90 Å². The van der Waals surface area contributed by atoms with Gasteiger partial charge in [0, 0.05) is 15.3 Å². The maximum Gasteiger partial charge on any atom is 0.208 e. The Balaban J connectivity index is 1.74. The highest BCUT2D eigenvalue weighted by atomic mass is 35.5. The van der Waals surface area contributed by atoms with Gasteiger partial charge in [-0.25, -0.2) is 4.39 Å². The number of carbonyl (C=O) groups is 1. The maximum atomic E-state index is 13.1. The fourth-order valence-corrected chi connectivity index (χ4v) is 3.01. The maximum absolute atomic E-state index is 13.1. The molecule has 21 heavy (non-hydrogen) atoms. The Morgan fingerprint density at radius 2 is 2.05 bits per heavy atom. The molecule has 0 radical (unpaired) electrons. The summed E-state index contributed by atoms with van der Waals surface area (Å²) in [7, 11) is 0. The molecular weight excluding hydrogens is 311 g/mol. The molecule has 2 nitrogen and oxygen atoms in total. The summed E-state index contributed by atoms with van der Waals surface area (Å²) in [5.41, 5.74) is 0.507. The lowest BCUT2D eigenvalue weighted by Gasteiger charge is -2.00. The van der Waals surface area contributed by atoms with Gasteiger partial charge in [0.1, 0.15) is 11.4 Å². The lowest BCUT2D eigenvalue weighted by atomic mass is 10.2. The fourth-order valence-electron chi connectivity index (χ4n) is 1.93. The molecule has 3 rings (SSSR count). The van der Waals surface area contributed by atoms with Crippen LogP contribution in [0.15, 0.2) is 57.8 Å². The molecule has 0 aliphatic rings. The third-order valence-electron chi connectivity index (χ3n) is 2.92. The number of benzene rings is 2. The molecule has 0 spiro atoms. The van der Waals surface area contributed by atoms with Gasteiger partial charge in [0.2, 0.25) is 5.78 Å². The zero-order chi connectivity index (χ0) is 14.8. The molecule has 1 heterocycles. The van der Waals surface area contributed by atoms with Crippen LogP contribution in [0.1, 0.15) is 10.6 Å². The van der Waals surface area contributed by atoms with Crippen LogP contribution in [-0.4, -0.2) is 11.5 Å². The van der Waals surface area contributed by atoms with E-state index in [0.29, 0.717) is 16.0 Å². The van der Waals surface area contributed by atoms with Crippen LogP contribution >= 0.6 is 23.4 Å². The number of hydrogen-bond donors (Lipinski definition) is 0. The summed E-state index contributed by atoms with van der Waals surface area (Å²) in [6.07, 6.45) is 0. The summed E-state index contributed by atoms with van der Waals surface area (Å²) in [6, 6.07) is 13.0. The average Bonchev–Trinajstić information content (AvgIpc) is 2.88. The van der Waals surface area contributed by atoms with Gasteiger partial charge in [-0.05, 0) is 42.5 Å². The van der Waals surface area contributed by atoms with Crippen molar-refractivity contribution in [2.45, 2.75) is 4.90 Å². The Morgan fingerprint density at radius 1 is 1.19 bits per heavy atom. The van der Waals surface area contributed by atoms with Gasteiger partial charge in [0.25, 0.3) is 0 Å². The van der Waals surface area contributed by atoms with Crippen LogP contribution in [0.3, 0.4) is 0 Å². The second-order valence-electron chi connectivity index (χ2n) is 4.46. The van der Waals surface area contributed by atoms with Crippen molar-refractivity contribution < 1.29 is 13.6 Å². The van der Waals surface area contributed by atoms with Crippen LogP contribution < -0.4 is 0 Å². The molecule has 106 valence electrons. The number of rotatable bonds is 4. The SMILES string of the molecule is O=C(CSc1cccc(Cl)c1)c1cc2cc(F)ccc2o1. The average molecular weight is 321 g/mol. The fraction of sp³-hybridized carbons (Fsp3) is 0.0625. The number of fused-ring (bicyclic) bond motifs is 1. The van der Waals surface area contributed by atoms with Gasteiger partial charge in [-0.1, -0.05) is 17.7 Å². The molecule has 5 heteroatoms. The molecule has 0 fully saturated rings. The highest BCUT2D eigenvalue weighted by Crippen LogP contribution is 2.25. The van der Waals surface area contributed by atoms with Crippen molar-refractivity contribution in [1.29, 1.82) is 0 Å². The Bertz CT molecular complexity index is 813. The van der Waals surface area contributed by atoms with Crippen molar-refractivity contribution >= 4 is 40.1 Å². The Morgan fingerprint density at radius 3 is 2.86 bits per heavy atom. The van der Waals surface area contributed by atoms with Crippen LogP contribution in [0.5, 0.6) is 0 Å². The van der Waals surface area contributed by atoms with Crippen molar-refractivity contribution in [2.24, 2.45) is 0 Å². The van der Waals surface area contributed by atoms with Crippen LogP contribution in [0.4, 0.5) is 4.39 Å². The number of thioether (sulfide) groups is 1. The standard InChI is InChI=1S/C16H10ClFO2S/c17-11-2-1-3-13(8-11)21-9-14(19)16-7-10-6-12(18)4-5-15(10)20-16/h1-8H,9H2. The molecule has 0 saturated carbocycles. The number of furan rings is 1. The predicted octanol–water partition coefficient (Wildman–Crippen LogP) is 5.20. The van der Waals surface area contributed by atoms with E-state index in [4.69, 9.17) is 16.0 Å². The molecule has 0 aliphatic carbocycles. The first-order valence-corrected chi connectivity index (χ1v) is 7.59. The molecule has 0 aliphatic heterocycles. The molecule has 0 N–H and O–H groups in total. The molecule has 3 aromatic rings. The van der Waals surface area contributed by atoms with E-state index in [2.05, 4.69) is 0 Å². The van der Waals surface area contributed by atoms with E-state index < -0.39 is 0 Å². The molecular formula is C16H10ClFO2S. The van der Waals surface area contributed by atoms with Gasteiger partial charge in [0.05, 0.1) is 5.75 Å². The zero-order valence-electron chi connectivity index (χ0n) is 10.8. The van der Waals surface area contributed by atoms with Gasteiger partial charge in [-0.2, -0.15) is 0 Å². The molecule has 0 amide bonds. The van der Waals surface area contributed by atoms with Gasteiger partial charge in [0.15, 0.2) is 5.76 Å². The topological polar surface area (TPSA) is 30.2 Å². The van der Waals surface area contributed by atoms with Crippen molar-refractivity contribution in [3.63, 3.8) is 0 Å². The quantitative estimate of drug-likeness (QED) is 0.489. The summed E-state index contributed by atoms with van der Waals surface area (Å²) >= 11 is 7.28. The first kappa shape index (κ1) is 14.2. The van der Waals surface area contributed by atoms with Crippen molar-refractivity contribution in [3.05, 3.63) is 65.1 Å². The molecule has 0 atom stereocenters. The molecule has 1 aromatic heterocycles. The first-order valence-electron chi connectivity index (χ1n) is 6.22. The van der Waals surface area contributed by atoms with Gasteiger partial charge in [-0.15, -0.1) is 11.8 Å². The van der Waals surface area contributed by atoms with Crippen molar-refractivity contribution in [3.8, 4) is 0 Å². The minimum Gasteiger partial charge on any atom is -0.453 e. The number of carbonyl (C=O) groups excluding carboxylic acids is 1. The van der Waals surface area contributed by atoms with E-state index in [-0.39, 0.29) is 23.1 Å². The third kappa shape index (κ3) is 3.28. The van der Waals surface area contributed by atoms with Gasteiger partial charge < -0.3 is 4.42 Å². The molecule has 0 unspecified atom stereocenters. The predicted molar refractivity (Wildman–Crippen MR) is 82.7 cm³/mol. The Kier molecular flexibility index (Phi) is 3.99. The summed E-state index contributed by atoms with van der Waals surface area (Å²) < 4.78 is 18.6. The van der Waals surface area contributed by atoms with E-state index in [1.54, 1.807) is 18.2 Å². The van der Waals surface area contributed by atoms with Crippen LogP contribution in [0.25, 0.3) is 11.0 Å². The largest absolute Gasteiger partial charge is 0.453 e. The van der Waals surface area contributed by atoms with Crippen molar-refractivity contribution in [1.82, 2.24) is 0 Å². The van der Waals surface area contributed by atoms with Gasteiger partial charge in [-0.3, -0.25) is 4.79 Å². The van der Waals surface area contributed by atoms with Crippen LogP contribution in [0, 0.1) is 5.82 Å². The lowest BCUT2D eigenvalue weighted by molar-refractivity contribution is 0.0994. The highest BCUT2D eigenvalue weighted by molar-refractivity contribution is 8.00. The monoisotopic (exact) mass is 320 g/mol. The number of Topliss-reactive ketones (excluding diaryl/α,β-unsaturated/α-hetero) is 1. The smallest absolute Gasteiger partial charge is 0.208 e. The van der Waals surface area contributed by atoms with Crippen LogP contribution in [0.2, 0.25) is 5.02 Å². The Labute approximate surface area is 129 Å².